The summed E-state index contributed by atoms with van der Waals surface area (Å²) in [5, 5.41) is 17.3. The molecule has 1 radical (unpaired) electrons. The van der Waals surface area contributed by atoms with Gasteiger partial charge in [-0.3, -0.25) is 4.79 Å². The number of carbonyl (C=O) groups excluding carboxylic acids is 1. The summed E-state index contributed by atoms with van der Waals surface area (Å²) in [6, 6.07) is 47.8. The number of ketones is 1. The zero-order valence-electron chi connectivity index (χ0n) is 36.1. The largest absolute Gasteiger partial charge is 0.512 e. The molecule has 2 aliphatic rings. The van der Waals surface area contributed by atoms with Crippen LogP contribution in [0.5, 0.6) is 0 Å². The van der Waals surface area contributed by atoms with Gasteiger partial charge >= 0.3 is 0 Å². The van der Waals surface area contributed by atoms with Gasteiger partial charge in [-0.2, -0.15) is 0 Å². The van der Waals surface area contributed by atoms with Crippen LogP contribution in [0.2, 0.25) is 0 Å². The molecule has 0 aliphatic heterocycles. The number of hydrogen-bond donors (Lipinski definition) is 1. The van der Waals surface area contributed by atoms with Gasteiger partial charge in [-0.1, -0.05) is 125 Å². The van der Waals surface area contributed by atoms with Crippen LogP contribution < -0.4 is 0 Å². The van der Waals surface area contributed by atoms with Gasteiger partial charge in [0, 0.05) is 49.4 Å². The van der Waals surface area contributed by atoms with Crippen molar-refractivity contribution in [1.29, 1.82) is 0 Å². The summed E-state index contributed by atoms with van der Waals surface area (Å²) in [6.45, 7) is 13.3. The number of pyridine rings is 2. The van der Waals surface area contributed by atoms with Crippen LogP contribution in [0.4, 0.5) is 0 Å². The minimum absolute atomic E-state index is 0. The molecule has 10 rings (SSSR count). The number of fused-ring (bicyclic) bond motifs is 5. The molecule has 2 aromatic heterocycles. The fraction of sp³-hybridized carbons (Fsp3) is 0.232. The predicted molar refractivity (Wildman–Crippen MR) is 249 cm³/mol. The van der Waals surface area contributed by atoms with Gasteiger partial charge in [-0.15, -0.1) is 64.7 Å². The molecule has 61 heavy (non-hydrogen) atoms. The summed E-state index contributed by atoms with van der Waals surface area (Å²) < 4.78 is 0. The number of hydrogen-bond acceptors (Lipinski definition) is 4. The molecular weight excluding hydrogens is 925 g/mol. The van der Waals surface area contributed by atoms with Crippen LogP contribution in [-0.2, 0) is 50.6 Å². The van der Waals surface area contributed by atoms with Crippen LogP contribution in [0.1, 0.15) is 69.4 Å². The summed E-state index contributed by atoms with van der Waals surface area (Å²) in [5.41, 5.74) is 13.6. The third kappa shape index (κ3) is 9.01. The molecule has 4 nitrogen and oxygen atoms in total. The van der Waals surface area contributed by atoms with E-state index in [0.29, 0.717) is 0 Å². The van der Waals surface area contributed by atoms with Crippen molar-refractivity contribution < 1.29 is 30.0 Å². The topological polar surface area (TPSA) is 63.1 Å². The molecule has 0 amide bonds. The van der Waals surface area contributed by atoms with E-state index in [4.69, 9.17) is 4.98 Å². The van der Waals surface area contributed by atoms with Gasteiger partial charge in [0.2, 0.25) is 0 Å². The average Bonchev–Trinajstić information content (AvgIpc) is 3.25. The fourth-order valence-corrected chi connectivity index (χ4v) is 8.29. The van der Waals surface area contributed by atoms with E-state index in [0.717, 1.165) is 48.2 Å². The number of aromatic nitrogens is 2. The van der Waals surface area contributed by atoms with Crippen molar-refractivity contribution in [2.45, 2.75) is 74.1 Å². The average molecular weight is 977 g/mol. The predicted octanol–water partition coefficient (Wildman–Crippen LogP) is 13.8. The zero-order valence-corrected chi connectivity index (χ0v) is 38.5. The van der Waals surface area contributed by atoms with E-state index >= 15 is 0 Å². The van der Waals surface area contributed by atoms with Gasteiger partial charge in [0.05, 0.1) is 0 Å². The monoisotopic (exact) mass is 977 g/mol. The van der Waals surface area contributed by atoms with Crippen molar-refractivity contribution in [3.63, 3.8) is 0 Å². The second-order valence-corrected chi connectivity index (χ2v) is 18.0. The van der Waals surface area contributed by atoms with Gasteiger partial charge < -0.3 is 15.1 Å². The van der Waals surface area contributed by atoms with E-state index in [1.165, 1.54) is 77.3 Å². The molecule has 0 spiro atoms. The van der Waals surface area contributed by atoms with Gasteiger partial charge in [-0.05, 0) is 105 Å². The van der Waals surface area contributed by atoms with Crippen molar-refractivity contribution in [1.82, 2.24) is 9.97 Å². The van der Waals surface area contributed by atoms with E-state index in [9.17, 15) is 9.90 Å². The Morgan fingerprint density at radius 1 is 0.607 bits per heavy atom. The third-order valence-corrected chi connectivity index (χ3v) is 11.7. The molecule has 309 valence electrons. The van der Waals surface area contributed by atoms with Crippen LogP contribution in [-0.4, -0.2) is 20.9 Å². The number of aryl methyl sites for hydroxylation is 5. The molecule has 8 aromatic rings. The molecule has 2 heterocycles. The SMILES string of the molecule is CC(C)(C)C(=O)/C=C(\O)C(C)(C)C.Cc1cccc2c1ccc1c3ccnc(-c4[c-]c5c6c(c4)CCc4cccc(c4-6)CC5)c3ccc21.[Ir].[c-]1ccccc1-c1ccccn1. The second kappa shape index (κ2) is 17.7. The van der Waals surface area contributed by atoms with Crippen LogP contribution in [0, 0.1) is 29.9 Å². The normalized spacial score (nSPS) is 13.0. The Labute approximate surface area is 374 Å². The van der Waals surface area contributed by atoms with Crippen LogP contribution in [0.15, 0.2) is 139 Å². The summed E-state index contributed by atoms with van der Waals surface area (Å²) in [7, 11) is 0. The Bertz CT molecular complexity index is 2840. The summed E-state index contributed by atoms with van der Waals surface area (Å²) in [6.07, 6.45) is 9.49. The minimum Gasteiger partial charge on any atom is -0.512 e. The maximum absolute atomic E-state index is 11.5. The number of carbonyl (C=O) groups is 1. The molecule has 6 aromatic carbocycles. The Balaban J connectivity index is 0.000000178. The van der Waals surface area contributed by atoms with Gasteiger partial charge in [0.25, 0.3) is 0 Å². The van der Waals surface area contributed by atoms with E-state index in [1.54, 1.807) is 6.20 Å². The molecule has 2 aliphatic carbocycles. The number of benzene rings is 6. The molecule has 0 fully saturated rings. The van der Waals surface area contributed by atoms with Crippen LogP contribution >= 0.6 is 0 Å². The number of aliphatic hydroxyl groups is 1. The molecule has 0 bridgehead atoms. The number of aliphatic hydroxyl groups excluding tert-OH is 1. The number of rotatable bonds is 3. The maximum Gasteiger partial charge on any atom is 0.164 e. The molecule has 0 unspecified atom stereocenters. The fourth-order valence-electron chi connectivity index (χ4n) is 8.29. The summed E-state index contributed by atoms with van der Waals surface area (Å²) >= 11 is 0. The molecule has 0 saturated heterocycles. The molecule has 0 atom stereocenters. The third-order valence-electron chi connectivity index (χ3n) is 11.7. The standard InChI is InChI=1S/C34H24N.C11H8N.C11H20O2.Ir/c1-20-4-2-7-27-26(20)12-13-29-28(27)14-15-31-30(29)16-17-35-34(31)25-18-23-10-8-21-5-3-6-22-9-11-24(19-25)33(23)32(21)22;1-2-6-10(7-3-1)11-8-4-5-9-12-11;1-10(2,3)8(12)7-9(13)11(4,5)6;/h2-7,12-18H,8-11H2,1H3;1-6,8-9H;7,12H,1-6H3;/q2*-1;;/b;;8-7-;. The van der Waals surface area contributed by atoms with Crippen molar-refractivity contribution in [3.8, 4) is 33.6 Å². The Kier molecular flexibility index (Phi) is 12.6. The summed E-state index contributed by atoms with van der Waals surface area (Å²) in [5.74, 6) is 0.104. The smallest absolute Gasteiger partial charge is 0.164 e. The number of allylic oxidation sites excluding steroid dienone is 2. The first-order valence-corrected chi connectivity index (χ1v) is 21.0. The molecule has 0 saturated carbocycles. The van der Waals surface area contributed by atoms with Crippen molar-refractivity contribution in [3.05, 3.63) is 179 Å². The molecule has 1 N–H and O–H groups in total. The van der Waals surface area contributed by atoms with Crippen molar-refractivity contribution >= 4 is 38.1 Å². The first-order valence-electron chi connectivity index (χ1n) is 21.0. The summed E-state index contributed by atoms with van der Waals surface area (Å²) in [4.78, 5) is 20.6. The van der Waals surface area contributed by atoms with E-state index in [1.807, 2.05) is 90.2 Å². The Hall–Kier alpha value is -5.74. The first-order chi connectivity index (χ1) is 28.8. The quantitative estimate of drug-likeness (QED) is 0.0829. The minimum atomic E-state index is -0.417. The second-order valence-electron chi connectivity index (χ2n) is 18.0. The molecule has 5 heteroatoms. The van der Waals surface area contributed by atoms with E-state index in [-0.39, 0.29) is 37.1 Å². The van der Waals surface area contributed by atoms with E-state index < -0.39 is 5.41 Å². The van der Waals surface area contributed by atoms with Crippen LogP contribution in [0.3, 0.4) is 0 Å². The zero-order chi connectivity index (χ0) is 42.2. The van der Waals surface area contributed by atoms with Crippen molar-refractivity contribution in [2.75, 3.05) is 0 Å². The van der Waals surface area contributed by atoms with Gasteiger partial charge in [-0.25, -0.2) is 0 Å². The Morgan fingerprint density at radius 3 is 1.92 bits per heavy atom. The Morgan fingerprint density at radius 2 is 1.25 bits per heavy atom. The van der Waals surface area contributed by atoms with E-state index in [2.05, 4.69) is 96.8 Å². The van der Waals surface area contributed by atoms with Crippen LogP contribution in [0.25, 0.3) is 66.0 Å². The number of nitrogens with zero attached hydrogens (tertiary/aromatic N) is 2. The van der Waals surface area contributed by atoms with Gasteiger partial charge in [0.1, 0.15) is 5.76 Å². The van der Waals surface area contributed by atoms with Gasteiger partial charge in [0.15, 0.2) is 5.78 Å². The maximum atomic E-state index is 11.5. The first kappa shape index (κ1) is 43.4. The van der Waals surface area contributed by atoms with Crippen molar-refractivity contribution in [2.24, 2.45) is 10.8 Å². The molecular formula is C56H52IrN2O2-2.